The summed E-state index contributed by atoms with van der Waals surface area (Å²) < 4.78 is 0. The highest BCUT2D eigenvalue weighted by Crippen LogP contribution is 2.28. The fourth-order valence-electron chi connectivity index (χ4n) is 3.02. The zero-order valence-corrected chi connectivity index (χ0v) is 14.9. The number of nitrogens with zero attached hydrogens (tertiary/aromatic N) is 2. The second-order valence-corrected chi connectivity index (χ2v) is 6.36. The first kappa shape index (κ1) is 19.6. The summed E-state index contributed by atoms with van der Waals surface area (Å²) in [6, 6.07) is -0.618. The summed E-state index contributed by atoms with van der Waals surface area (Å²) in [5, 5.41) is 10.8. The lowest BCUT2D eigenvalue weighted by molar-refractivity contribution is -0.132. The fourth-order valence-corrected chi connectivity index (χ4v) is 3.02. The summed E-state index contributed by atoms with van der Waals surface area (Å²) in [7, 11) is 0. The number of nitrogens with one attached hydrogen (secondary N) is 2. The van der Waals surface area contributed by atoms with E-state index in [1.54, 1.807) is 0 Å². The second-order valence-electron chi connectivity index (χ2n) is 6.36. The van der Waals surface area contributed by atoms with Gasteiger partial charge in [-0.05, 0) is 19.3 Å². The Morgan fingerprint density at radius 1 is 1.09 bits per heavy atom. The summed E-state index contributed by atoms with van der Waals surface area (Å²) in [6.45, 7) is 6.14. The van der Waals surface area contributed by atoms with Crippen molar-refractivity contribution in [3.05, 3.63) is 0 Å². The minimum absolute atomic E-state index is 0.0675. The Kier molecular flexibility index (Phi) is 8.81. The van der Waals surface area contributed by atoms with E-state index in [-0.39, 0.29) is 11.8 Å². The molecule has 1 rings (SSSR count). The van der Waals surface area contributed by atoms with Crippen LogP contribution in [0.2, 0.25) is 0 Å². The van der Waals surface area contributed by atoms with E-state index < -0.39 is 11.6 Å². The lowest BCUT2D eigenvalue weighted by atomic mass is 9.84. The molecule has 1 aliphatic rings. The van der Waals surface area contributed by atoms with Crippen LogP contribution in [0.1, 0.15) is 85.0 Å². The normalized spacial score (nSPS) is 19.4. The van der Waals surface area contributed by atoms with E-state index in [0.29, 0.717) is 19.3 Å². The Bertz CT molecular complexity index is 405. The Balaban J connectivity index is 2.37. The minimum atomic E-state index is -0.618. The highest BCUT2D eigenvalue weighted by atomic mass is 16.2. The number of rotatable bonds is 11. The second kappa shape index (κ2) is 10.3. The quantitative estimate of drug-likeness (QED) is 0.568. The highest BCUT2D eigenvalue weighted by molar-refractivity contribution is 5.89. The van der Waals surface area contributed by atoms with Gasteiger partial charge in [-0.15, -0.1) is 0 Å². The predicted molar refractivity (Wildman–Crippen MR) is 90.9 cm³/mol. The van der Waals surface area contributed by atoms with Crippen LogP contribution in [0.15, 0.2) is 10.3 Å². The number of amides is 2. The van der Waals surface area contributed by atoms with Crippen molar-refractivity contribution >= 4 is 11.8 Å². The van der Waals surface area contributed by atoms with Crippen molar-refractivity contribution in [3.63, 3.8) is 0 Å². The fraction of sp³-hybridized carbons (Fsp3) is 0.882. The van der Waals surface area contributed by atoms with Gasteiger partial charge in [0.15, 0.2) is 0 Å². The van der Waals surface area contributed by atoms with Crippen molar-refractivity contribution in [3.8, 4) is 0 Å². The summed E-state index contributed by atoms with van der Waals surface area (Å²) in [5.41, 5.74) is 1.75. The van der Waals surface area contributed by atoms with Crippen molar-refractivity contribution in [2.75, 3.05) is 0 Å². The molecule has 2 N–H and O–H groups in total. The predicted octanol–water partition coefficient (Wildman–Crippen LogP) is 3.67. The van der Waals surface area contributed by atoms with Crippen molar-refractivity contribution in [2.24, 2.45) is 10.3 Å². The molecule has 1 aliphatic heterocycles. The van der Waals surface area contributed by atoms with E-state index in [9.17, 15) is 9.59 Å². The first-order valence-electron chi connectivity index (χ1n) is 9.10. The lowest BCUT2D eigenvalue weighted by Gasteiger charge is -2.36. The maximum absolute atomic E-state index is 12.1. The lowest BCUT2D eigenvalue weighted by Crippen LogP contribution is -2.60. The largest absolute Gasteiger partial charge is 0.342 e. The van der Waals surface area contributed by atoms with Gasteiger partial charge in [0.05, 0.1) is 0 Å². The Morgan fingerprint density at radius 2 is 1.70 bits per heavy atom. The molecular weight excluding hydrogens is 292 g/mol. The summed E-state index contributed by atoms with van der Waals surface area (Å²) >= 11 is 0. The maximum Gasteiger partial charge on any atom is 0.266 e. The van der Waals surface area contributed by atoms with Gasteiger partial charge in [0.25, 0.3) is 5.91 Å². The number of hydrogen-bond acceptors (Lipinski definition) is 4. The minimum Gasteiger partial charge on any atom is -0.342 e. The van der Waals surface area contributed by atoms with Gasteiger partial charge >= 0.3 is 0 Å². The summed E-state index contributed by atoms with van der Waals surface area (Å²) in [6.07, 6.45) is 10.0. The first-order valence-corrected chi connectivity index (χ1v) is 9.10. The van der Waals surface area contributed by atoms with Crippen molar-refractivity contribution in [1.29, 1.82) is 0 Å². The van der Waals surface area contributed by atoms with Crippen LogP contribution in [0.3, 0.4) is 0 Å². The monoisotopic (exact) mass is 324 g/mol. The van der Waals surface area contributed by atoms with Gasteiger partial charge in [0, 0.05) is 6.42 Å². The molecule has 0 aromatic heterocycles. The Labute approximate surface area is 139 Å². The third kappa shape index (κ3) is 5.92. The van der Waals surface area contributed by atoms with Gasteiger partial charge in [0.1, 0.15) is 11.6 Å². The molecule has 0 aromatic carbocycles. The number of unbranched alkanes of at least 4 members (excludes halogenated alkanes) is 6. The molecule has 23 heavy (non-hydrogen) atoms. The van der Waals surface area contributed by atoms with Crippen molar-refractivity contribution < 1.29 is 9.59 Å². The van der Waals surface area contributed by atoms with Crippen LogP contribution in [0.4, 0.5) is 0 Å². The van der Waals surface area contributed by atoms with Gasteiger partial charge in [-0.25, -0.2) is 5.43 Å². The van der Waals surface area contributed by atoms with Crippen LogP contribution in [-0.4, -0.2) is 23.4 Å². The zero-order valence-electron chi connectivity index (χ0n) is 14.9. The van der Waals surface area contributed by atoms with Crippen LogP contribution in [0, 0.1) is 0 Å². The van der Waals surface area contributed by atoms with E-state index >= 15 is 0 Å². The van der Waals surface area contributed by atoms with E-state index in [0.717, 1.165) is 12.8 Å². The molecule has 1 heterocycles. The molecule has 0 bridgehead atoms. The van der Waals surface area contributed by atoms with Crippen LogP contribution < -0.4 is 10.7 Å². The molecule has 1 atom stereocenters. The SMILES string of the molecule is CCCCCCCCCC(=O)NC1C(=O)NN=NC1(CC)CC. The molecule has 0 radical (unpaired) electrons. The standard InChI is InChI=1S/C17H32N4O2/c1-4-7-8-9-10-11-12-13-14(22)18-15-16(23)19-21-20-17(15,5-2)6-3/h15H,4-13H2,1-3H3,(H,18,22)(H,19,20,23). The molecular formula is C17H32N4O2. The third-order valence-corrected chi connectivity index (χ3v) is 4.75. The molecule has 0 saturated carbocycles. The molecule has 2 amide bonds. The van der Waals surface area contributed by atoms with Crippen LogP contribution >= 0.6 is 0 Å². The van der Waals surface area contributed by atoms with Crippen LogP contribution in [-0.2, 0) is 9.59 Å². The average Bonchev–Trinajstić information content (AvgIpc) is 2.56. The number of hydrogen-bond donors (Lipinski definition) is 2. The van der Waals surface area contributed by atoms with Gasteiger partial charge < -0.3 is 5.32 Å². The Morgan fingerprint density at radius 3 is 2.30 bits per heavy atom. The molecule has 6 nitrogen and oxygen atoms in total. The van der Waals surface area contributed by atoms with E-state index in [2.05, 4.69) is 28.0 Å². The van der Waals surface area contributed by atoms with E-state index in [1.807, 2.05) is 13.8 Å². The van der Waals surface area contributed by atoms with Gasteiger partial charge in [-0.1, -0.05) is 64.5 Å². The maximum atomic E-state index is 12.1. The van der Waals surface area contributed by atoms with Crippen molar-refractivity contribution in [1.82, 2.24) is 10.7 Å². The first-order chi connectivity index (χ1) is 11.1. The van der Waals surface area contributed by atoms with Gasteiger partial charge in [-0.2, -0.15) is 5.11 Å². The molecule has 0 spiro atoms. The third-order valence-electron chi connectivity index (χ3n) is 4.75. The molecule has 1 unspecified atom stereocenters. The van der Waals surface area contributed by atoms with Crippen molar-refractivity contribution in [2.45, 2.75) is 96.6 Å². The van der Waals surface area contributed by atoms with Gasteiger partial charge in [-0.3, -0.25) is 9.59 Å². The molecule has 0 fully saturated rings. The summed E-state index contributed by atoms with van der Waals surface area (Å²) in [5.74, 6) is -0.335. The van der Waals surface area contributed by atoms with Crippen LogP contribution in [0.5, 0.6) is 0 Å². The number of carbonyl (C=O) groups is 2. The van der Waals surface area contributed by atoms with Crippen LogP contribution in [0.25, 0.3) is 0 Å². The van der Waals surface area contributed by atoms with E-state index in [4.69, 9.17) is 0 Å². The molecule has 0 aromatic rings. The smallest absolute Gasteiger partial charge is 0.266 e. The molecule has 132 valence electrons. The van der Waals surface area contributed by atoms with E-state index in [1.165, 1.54) is 32.1 Å². The number of carbonyl (C=O) groups excluding carboxylic acids is 2. The Hall–Kier alpha value is -1.46. The zero-order chi connectivity index (χ0) is 17.1. The van der Waals surface area contributed by atoms with Gasteiger partial charge in [0.2, 0.25) is 5.91 Å². The highest BCUT2D eigenvalue weighted by Gasteiger charge is 2.44. The summed E-state index contributed by atoms with van der Waals surface area (Å²) in [4.78, 5) is 24.2. The topological polar surface area (TPSA) is 82.9 Å². The molecule has 0 saturated heterocycles. The molecule has 6 heteroatoms. The average molecular weight is 324 g/mol. The molecule has 0 aliphatic carbocycles.